The molecule has 3 amide bonds. The third kappa shape index (κ3) is 6.81. The Hall–Kier alpha value is -2.76. The number of nitrogens with two attached hydrogens (primary N) is 1. The van der Waals surface area contributed by atoms with Gasteiger partial charge in [-0.1, -0.05) is 0 Å². The summed E-state index contributed by atoms with van der Waals surface area (Å²) < 4.78 is 5.25. The Labute approximate surface area is 157 Å². The van der Waals surface area contributed by atoms with Crippen molar-refractivity contribution in [2.45, 2.75) is 44.6 Å². The van der Waals surface area contributed by atoms with Crippen molar-refractivity contribution >= 4 is 23.9 Å². The number of carboxylic acid groups (broad SMARTS) is 1. The fourth-order valence-corrected chi connectivity index (χ4v) is 3.48. The molecule has 0 bridgehead atoms. The van der Waals surface area contributed by atoms with Crippen LogP contribution in [0.1, 0.15) is 38.5 Å². The maximum absolute atomic E-state index is 12.0. The van der Waals surface area contributed by atoms with Crippen molar-refractivity contribution in [3.8, 4) is 11.8 Å². The van der Waals surface area contributed by atoms with E-state index in [0.717, 1.165) is 25.7 Å². The van der Waals surface area contributed by atoms with Gasteiger partial charge in [-0.3, -0.25) is 14.4 Å². The lowest BCUT2D eigenvalue weighted by atomic mass is 10.1. The molecule has 0 saturated heterocycles. The van der Waals surface area contributed by atoms with Gasteiger partial charge in [0, 0.05) is 19.3 Å². The SMILES string of the molecule is NC(=O)CC[C@H](NC(=O)OCC1C2CCC#CCCC21)C(=O)NCC(=O)O. The van der Waals surface area contributed by atoms with E-state index < -0.39 is 36.5 Å². The summed E-state index contributed by atoms with van der Waals surface area (Å²) >= 11 is 0. The van der Waals surface area contributed by atoms with Crippen molar-refractivity contribution in [2.24, 2.45) is 23.5 Å². The summed E-state index contributed by atoms with van der Waals surface area (Å²) in [6.07, 6.45) is 2.80. The summed E-state index contributed by atoms with van der Waals surface area (Å²) in [5.41, 5.74) is 5.07. The zero-order valence-electron chi connectivity index (χ0n) is 15.0. The first kappa shape index (κ1) is 20.6. The van der Waals surface area contributed by atoms with Gasteiger partial charge in [0.05, 0.1) is 6.61 Å². The number of primary amides is 1. The summed E-state index contributed by atoms with van der Waals surface area (Å²) in [4.78, 5) is 45.6. The smallest absolute Gasteiger partial charge is 0.407 e. The van der Waals surface area contributed by atoms with Crippen LogP contribution in [0.15, 0.2) is 0 Å². The molecule has 5 N–H and O–H groups in total. The van der Waals surface area contributed by atoms with E-state index in [1.165, 1.54) is 0 Å². The summed E-state index contributed by atoms with van der Waals surface area (Å²) in [5, 5.41) is 13.2. The average molecular weight is 379 g/mol. The largest absolute Gasteiger partial charge is 0.480 e. The predicted octanol–water partition coefficient (Wildman–Crippen LogP) is -0.0129. The molecule has 1 saturated carbocycles. The molecular formula is C18H25N3O6. The molecule has 0 aromatic heterocycles. The molecule has 27 heavy (non-hydrogen) atoms. The van der Waals surface area contributed by atoms with E-state index in [2.05, 4.69) is 22.5 Å². The van der Waals surface area contributed by atoms with Gasteiger partial charge in [-0.2, -0.15) is 0 Å². The van der Waals surface area contributed by atoms with E-state index in [4.69, 9.17) is 15.6 Å². The van der Waals surface area contributed by atoms with Crippen LogP contribution >= 0.6 is 0 Å². The van der Waals surface area contributed by atoms with Crippen LogP contribution < -0.4 is 16.4 Å². The minimum atomic E-state index is -1.22. The van der Waals surface area contributed by atoms with E-state index >= 15 is 0 Å². The fraction of sp³-hybridized carbons (Fsp3) is 0.667. The van der Waals surface area contributed by atoms with Crippen LogP contribution in [0.25, 0.3) is 0 Å². The number of fused-ring (bicyclic) bond motifs is 1. The van der Waals surface area contributed by atoms with E-state index in [1.54, 1.807) is 0 Å². The van der Waals surface area contributed by atoms with Crippen LogP contribution in [0.4, 0.5) is 4.79 Å². The number of nitrogens with one attached hydrogen (secondary N) is 2. The highest BCUT2D eigenvalue weighted by Crippen LogP contribution is 2.52. The van der Waals surface area contributed by atoms with Crippen LogP contribution in [-0.2, 0) is 19.1 Å². The molecule has 2 aliphatic rings. The van der Waals surface area contributed by atoms with E-state index in [0.29, 0.717) is 17.8 Å². The summed E-state index contributed by atoms with van der Waals surface area (Å²) in [7, 11) is 0. The van der Waals surface area contributed by atoms with Gasteiger partial charge in [0.15, 0.2) is 0 Å². The topological polar surface area (TPSA) is 148 Å². The Morgan fingerprint density at radius 1 is 1.15 bits per heavy atom. The zero-order chi connectivity index (χ0) is 19.8. The molecule has 2 aliphatic carbocycles. The van der Waals surface area contributed by atoms with Gasteiger partial charge < -0.3 is 26.2 Å². The van der Waals surface area contributed by atoms with Crippen molar-refractivity contribution in [2.75, 3.05) is 13.2 Å². The maximum Gasteiger partial charge on any atom is 0.407 e. The molecule has 0 spiro atoms. The first-order chi connectivity index (χ1) is 12.9. The first-order valence-corrected chi connectivity index (χ1v) is 9.05. The second-order valence-electron chi connectivity index (χ2n) is 6.83. The molecule has 2 rings (SSSR count). The number of carboxylic acids is 1. The van der Waals surface area contributed by atoms with Crippen molar-refractivity contribution in [3.63, 3.8) is 0 Å². The molecule has 1 fully saturated rings. The van der Waals surface area contributed by atoms with Crippen LogP contribution in [0, 0.1) is 29.6 Å². The highest BCUT2D eigenvalue weighted by molar-refractivity contribution is 5.88. The normalized spacial score (nSPS) is 23.9. The number of ether oxygens (including phenoxy) is 1. The van der Waals surface area contributed by atoms with Crippen molar-refractivity contribution in [3.05, 3.63) is 0 Å². The van der Waals surface area contributed by atoms with E-state index in [9.17, 15) is 19.2 Å². The second kappa shape index (κ2) is 9.80. The number of hydrogen-bond donors (Lipinski definition) is 4. The molecule has 0 aliphatic heterocycles. The first-order valence-electron chi connectivity index (χ1n) is 9.05. The molecule has 0 aromatic carbocycles. The van der Waals surface area contributed by atoms with Gasteiger partial charge in [0.2, 0.25) is 11.8 Å². The Balaban J connectivity index is 1.79. The second-order valence-corrected chi connectivity index (χ2v) is 6.83. The van der Waals surface area contributed by atoms with Crippen molar-refractivity contribution < 1.29 is 29.0 Å². The molecule has 0 heterocycles. The lowest BCUT2D eigenvalue weighted by Crippen LogP contribution is -2.48. The monoisotopic (exact) mass is 379 g/mol. The van der Waals surface area contributed by atoms with E-state index in [1.807, 2.05) is 0 Å². The molecule has 9 nitrogen and oxygen atoms in total. The number of aliphatic carboxylic acids is 1. The Kier molecular flexibility index (Phi) is 7.46. The highest BCUT2D eigenvalue weighted by atomic mass is 16.5. The number of alkyl carbamates (subject to hydrolysis) is 1. The standard InChI is InChI=1S/C18H25N3O6/c19-15(22)8-7-14(17(25)20-9-16(23)24)21-18(26)27-10-13-11-5-3-1-2-4-6-12(11)13/h11-14H,3-10H2,(H2,19,22)(H,20,25)(H,21,26)(H,23,24)/t11?,12?,13?,14-/m0/s1. The van der Waals surface area contributed by atoms with Crippen molar-refractivity contribution in [1.82, 2.24) is 10.6 Å². The molecule has 0 aromatic rings. The molecule has 3 atom stereocenters. The lowest BCUT2D eigenvalue weighted by molar-refractivity contribution is -0.138. The summed E-state index contributed by atoms with van der Waals surface area (Å²) in [6.45, 7) is -0.323. The van der Waals surface area contributed by atoms with Crippen LogP contribution in [0.5, 0.6) is 0 Å². The molecule has 2 unspecified atom stereocenters. The zero-order valence-corrected chi connectivity index (χ0v) is 15.0. The third-order valence-electron chi connectivity index (χ3n) is 4.95. The number of carbonyl (C=O) groups is 4. The number of amides is 3. The quantitative estimate of drug-likeness (QED) is 0.414. The molecular weight excluding hydrogens is 354 g/mol. The van der Waals surface area contributed by atoms with Gasteiger partial charge in [0.1, 0.15) is 12.6 Å². The van der Waals surface area contributed by atoms with Crippen molar-refractivity contribution in [1.29, 1.82) is 0 Å². The number of rotatable bonds is 9. The van der Waals surface area contributed by atoms with Gasteiger partial charge in [-0.05, 0) is 37.0 Å². The van der Waals surface area contributed by atoms with Crippen LogP contribution in [-0.4, -0.2) is 48.2 Å². The Morgan fingerprint density at radius 2 is 1.78 bits per heavy atom. The fourth-order valence-electron chi connectivity index (χ4n) is 3.48. The van der Waals surface area contributed by atoms with Crippen LogP contribution in [0.3, 0.4) is 0 Å². The minimum Gasteiger partial charge on any atom is -0.480 e. The average Bonchev–Trinajstić information content (AvgIpc) is 3.23. The maximum atomic E-state index is 12.0. The summed E-state index contributed by atoms with van der Waals surface area (Å²) in [5.74, 6) is 5.04. The lowest BCUT2D eigenvalue weighted by Gasteiger charge is -2.17. The van der Waals surface area contributed by atoms with Gasteiger partial charge in [0.25, 0.3) is 0 Å². The van der Waals surface area contributed by atoms with Gasteiger partial charge in [-0.15, -0.1) is 11.8 Å². The predicted molar refractivity (Wildman–Crippen MR) is 94.1 cm³/mol. The highest BCUT2D eigenvalue weighted by Gasteiger charge is 2.49. The number of carbonyl (C=O) groups excluding carboxylic acids is 3. The molecule has 148 valence electrons. The minimum absolute atomic E-state index is 0.0398. The van der Waals surface area contributed by atoms with E-state index in [-0.39, 0.29) is 19.4 Å². The number of hydrogen-bond acceptors (Lipinski definition) is 5. The molecule has 9 heteroatoms. The van der Waals surface area contributed by atoms with Gasteiger partial charge in [-0.25, -0.2) is 4.79 Å². The molecule has 0 radical (unpaired) electrons. The summed E-state index contributed by atoms with van der Waals surface area (Å²) in [6, 6.07) is -1.09. The van der Waals surface area contributed by atoms with Crippen LogP contribution in [0.2, 0.25) is 0 Å². The van der Waals surface area contributed by atoms with Gasteiger partial charge >= 0.3 is 12.1 Å². The Bertz CT molecular complexity index is 635. The Morgan fingerprint density at radius 3 is 2.33 bits per heavy atom. The third-order valence-corrected chi connectivity index (χ3v) is 4.95.